The summed E-state index contributed by atoms with van der Waals surface area (Å²) in [6.07, 6.45) is 4.72. The number of allylic oxidation sites excluding steroid dienone is 4. The molecule has 2 aliphatic rings. The van der Waals surface area contributed by atoms with Crippen molar-refractivity contribution in [3.8, 4) is 0 Å². The van der Waals surface area contributed by atoms with Gasteiger partial charge in [-0.2, -0.15) is 0 Å². The second-order valence-electron chi connectivity index (χ2n) is 10.6. The molecule has 0 radical (unpaired) electrons. The molecule has 1 aromatic carbocycles. The Morgan fingerprint density at radius 2 is 0.964 bits per heavy atom. The fraction of sp³-hybridized carbons (Fsp3) is 0.538. The molecule has 2 nitrogen and oxygen atoms in total. The van der Waals surface area contributed by atoms with Crippen LogP contribution in [0.2, 0.25) is 0 Å². The summed E-state index contributed by atoms with van der Waals surface area (Å²) in [5, 5.41) is 0. The van der Waals surface area contributed by atoms with Gasteiger partial charge in [0.25, 0.3) is 0 Å². The van der Waals surface area contributed by atoms with Crippen LogP contribution >= 0.6 is 0 Å². The van der Waals surface area contributed by atoms with Crippen LogP contribution in [0.1, 0.15) is 78.4 Å². The molecule has 150 valence electrons. The summed E-state index contributed by atoms with van der Waals surface area (Å²) < 4.78 is 0. The van der Waals surface area contributed by atoms with Crippen molar-refractivity contribution in [1.82, 2.24) is 0 Å². The number of hydrogen-bond acceptors (Lipinski definition) is 2. The average Bonchev–Trinajstić information content (AvgIpc) is 2.54. The van der Waals surface area contributed by atoms with Crippen LogP contribution in [0.3, 0.4) is 0 Å². The maximum absolute atomic E-state index is 12.6. The molecule has 0 bridgehead atoms. The van der Waals surface area contributed by atoms with E-state index < -0.39 is 0 Å². The van der Waals surface area contributed by atoms with Crippen molar-refractivity contribution >= 4 is 11.6 Å². The van der Waals surface area contributed by atoms with Gasteiger partial charge in [-0.1, -0.05) is 63.1 Å². The molecule has 0 N–H and O–H groups in total. The van der Waals surface area contributed by atoms with Crippen LogP contribution in [-0.4, -0.2) is 11.6 Å². The van der Waals surface area contributed by atoms with Gasteiger partial charge in [0.2, 0.25) is 0 Å². The monoisotopic (exact) mass is 378 g/mol. The second-order valence-corrected chi connectivity index (χ2v) is 10.6. The Kier molecular flexibility index (Phi) is 5.53. The molecule has 0 amide bonds. The number of Topliss-reactive ketones (excluding diaryl/α,β-unsaturated/α-hetero) is 2. The van der Waals surface area contributed by atoms with Gasteiger partial charge in [0.05, 0.1) is 0 Å². The van der Waals surface area contributed by atoms with Crippen molar-refractivity contribution in [3.63, 3.8) is 0 Å². The molecule has 0 heterocycles. The molecule has 0 saturated carbocycles. The first-order valence-electron chi connectivity index (χ1n) is 10.5. The maximum atomic E-state index is 12.6. The standard InChI is InChI=1S/C26H34O2/c1-17-13-25(3,4)15-23(27)21(17)11-19-7-9-20(10-8-19)12-22-18(2)14-26(5,6)16-24(22)28/h7-10H,11-16H2,1-6H3. The van der Waals surface area contributed by atoms with Crippen LogP contribution < -0.4 is 0 Å². The minimum absolute atomic E-state index is 0.0845. The fourth-order valence-electron chi connectivity index (χ4n) is 5.01. The lowest BCUT2D eigenvalue weighted by atomic mass is 9.72. The number of ketones is 2. The third kappa shape index (κ3) is 4.71. The van der Waals surface area contributed by atoms with Crippen molar-refractivity contribution in [1.29, 1.82) is 0 Å². The van der Waals surface area contributed by atoms with E-state index in [0.717, 1.165) is 36.8 Å². The van der Waals surface area contributed by atoms with Crippen LogP contribution in [0, 0.1) is 10.8 Å². The zero-order valence-corrected chi connectivity index (χ0v) is 18.4. The van der Waals surface area contributed by atoms with Gasteiger partial charge in [-0.15, -0.1) is 0 Å². The van der Waals surface area contributed by atoms with Gasteiger partial charge < -0.3 is 0 Å². The first-order valence-corrected chi connectivity index (χ1v) is 10.5. The van der Waals surface area contributed by atoms with Gasteiger partial charge in [-0.3, -0.25) is 9.59 Å². The van der Waals surface area contributed by atoms with E-state index in [9.17, 15) is 9.59 Å². The fourth-order valence-corrected chi connectivity index (χ4v) is 5.01. The summed E-state index contributed by atoms with van der Waals surface area (Å²) in [6.45, 7) is 12.9. The van der Waals surface area contributed by atoms with E-state index >= 15 is 0 Å². The van der Waals surface area contributed by atoms with E-state index in [0.29, 0.717) is 24.4 Å². The highest BCUT2D eigenvalue weighted by molar-refractivity contribution is 5.98. The Hall–Kier alpha value is -1.96. The third-order valence-electron chi connectivity index (χ3n) is 6.25. The van der Waals surface area contributed by atoms with Crippen molar-refractivity contribution in [2.45, 2.75) is 80.1 Å². The van der Waals surface area contributed by atoms with Gasteiger partial charge in [0.15, 0.2) is 11.6 Å². The summed E-state index contributed by atoms with van der Waals surface area (Å²) in [7, 11) is 0. The van der Waals surface area contributed by atoms with Gasteiger partial charge >= 0.3 is 0 Å². The van der Waals surface area contributed by atoms with Crippen LogP contribution in [0.15, 0.2) is 46.6 Å². The molecular formula is C26H34O2. The average molecular weight is 379 g/mol. The summed E-state index contributed by atoms with van der Waals surface area (Å²) >= 11 is 0. The third-order valence-corrected chi connectivity index (χ3v) is 6.25. The van der Waals surface area contributed by atoms with Crippen molar-refractivity contribution in [2.24, 2.45) is 10.8 Å². The van der Waals surface area contributed by atoms with Crippen LogP contribution in [-0.2, 0) is 22.4 Å². The summed E-state index contributed by atoms with van der Waals surface area (Å²) in [5.74, 6) is 0.600. The van der Waals surface area contributed by atoms with Crippen LogP contribution in [0.4, 0.5) is 0 Å². The van der Waals surface area contributed by atoms with Crippen molar-refractivity contribution in [2.75, 3.05) is 0 Å². The normalized spacial score (nSPS) is 22.1. The molecule has 0 atom stereocenters. The van der Waals surface area contributed by atoms with Gasteiger partial charge in [0.1, 0.15) is 0 Å². The van der Waals surface area contributed by atoms with Crippen molar-refractivity contribution in [3.05, 3.63) is 57.7 Å². The number of hydrogen-bond donors (Lipinski definition) is 0. The van der Waals surface area contributed by atoms with Gasteiger partial charge in [-0.25, -0.2) is 0 Å². The van der Waals surface area contributed by atoms with E-state index in [1.807, 2.05) is 0 Å². The van der Waals surface area contributed by atoms with E-state index in [-0.39, 0.29) is 10.8 Å². The highest BCUT2D eigenvalue weighted by Gasteiger charge is 2.32. The topological polar surface area (TPSA) is 34.1 Å². The highest BCUT2D eigenvalue weighted by atomic mass is 16.1. The highest BCUT2D eigenvalue weighted by Crippen LogP contribution is 2.38. The molecule has 2 aliphatic carbocycles. The largest absolute Gasteiger partial charge is 0.295 e. The first-order chi connectivity index (χ1) is 13.0. The summed E-state index contributed by atoms with van der Waals surface area (Å²) in [5.41, 5.74) is 6.98. The van der Waals surface area contributed by atoms with E-state index in [1.54, 1.807) is 0 Å². The minimum Gasteiger partial charge on any atom is -0.295 e. The molecule has 0 saturated heterocycles. The summed E-state index contributed by atoms with van der Waals surface area (Å²) in [4.78, 5) is 25.2. The molecule has 0 spiro atoms. The van der Waals surface area contributed by atoms with E-state index in [1.165, 1.54) is 22.3 Å². The van der Waals surface area contributed by atoms with Gasteiger partial charge in [-0.05, 0) is 59.8 Å². The Morgan fingerprint density at radius 3 is 1.25 bits per heavy atom. The zero-order valence-electron chi connectivity index (χ0n) is 18.4. The lowest BCUT2D eigenvalue weighted by Crippen LogP contribution is -2.26. The molecule has 2 heteroatoms. The molecule has 0 aromatic heterocycles. The van der Waals surface area contributed by atoms with E-state index in [2.05, 4.69) is 65.8 Å². The number of carbonyl (C=O) groups excluding carboxylic acids is 2. The predicted octanol–water partition coefficient (Wildman–Crippen LogP) is 6.18. The van der Waals surface area contributed by atoms with Gasteiger partial charge in [0, 0.05) is 25.7 Å². The number of carbonyl (C=O) groups is 2. The zero-order chi connectivity index (χ0) is 20.7. The summed E-state index contributed by atoms with van der Waals surface area (Å²) in [6, 6.07) is 8.48. The minimum atomic E-state index is 0.0845. The SMILES string of the molecule is CC1=C(Cc2ccc(CC3=C(C)CC(C)(C)CC3=O)cc2)C(=O)CC(C)(C)C1. The Morgan fingerprint density at radius 1 is 0.643 bits per heavy atom. The lowest BCUT2D eigenvalue weighted by molar-refractivity contribution is -0.119. The second kappa shape index (κ2) is 7.46. The maximum Gasteiger partial charge on any atom is 0.159 e. The lowest BCUT2D eigenvalue weighted by Gasteiger charge is -2.31. The van der Waals surface area contributed by atoms with Crippen LogP contribution in [0.25, 0.3) is 0 Å². The molecule has 1 aromatic rings. The number of benzene rings is 1. The molecule has 0 fully saturated rings. The predicted molar refractivity (Wildman–Crippen MR) is 115 cm³/mol. The molecule has 3 rings (SSSR count). The van der Waals surface area contributed by atoms with E-state index in [4.69, 9.17) is 0 Å². The van der Waals surface area contributed by atoms with Crippen molar-refractivity contribution < 1.29 is 9.59 Å². The first kappa shape index (κ1) is 20.8. The Bertz CT molecular complexity index is 787. The smallest absolute Gasteiger partial charge is 0.159 e. The van der Waals surface area contributed by atoms with Crippen LogP contribution in [0.5, 0.6) is 0 Å². The Balaban J connectivity index is 1.73. The quantitative estimate of drug-likeness (QED) is 0.626. The Labute approximate surface area is 170 Å². The molecule has 0 unspecified atom stereocenters. The molecule has 0 aliphatic heterocycles. The number of rotatable bonds is 4. The molecular weight excluding hydrogens is 344 g/mol. The molecule has 28 heavy (non-hydrogen) atoms.